The van der Waals surface area contributed by atoms with Gasteiger partial charge in [-0.15, -0.1) is 6.42 Å². The lowest BCUT2D eigenvalue weighted by Crippen LogP contribution is -2.42. The molecule has 23 heavy (non-hydrogen) atoms. The second kappa shape index (κ2) is 5.81. The number of carbonyl (C=O) groups is 1. The maximum atomic E-state index is 11.9. The van der Waals surface area contributed by atoms with Gasteiger partial charge in [-0.1, -0.05) is 5.92 Å². The lowest BCUT2D eigenvalue weighted by atomic mass is 10.1. The molecule has 2 aromatic rings. The highest BCUT2D eigenvalue weighted by molar-refractivity contribution is 5.83. The smallest absolute Gasteiger partial charge is 0.252 e. The van der Waals surface area contributed by atoms with Crippen molar-refractivity contribution in [3.63, 3.8) is 0 Å². The molecule has 120 valence electrons. The van der Waals surface area contributed by atoms with Crippen LogP contribution in [0, 0.1) is 12.3 Å². The van der Waals surface area contributed by atoms with Crippen molar-refractivity contribution < 1.29 is 19.7 Å². The van der Waals surface area contributed by atoms with Crippen molar-refractivity contribution in [3.8, 4) is 12.3 Å². The van der Waals surface area contributed by atoms with Crippen molar-refractivity contribution in [2.24, 2.45) is 0 Å². The molecular formula is C13H14N6O4. The Kier molecular flexibility index (Phi) is 3.83. The van der Waals surface area contributed by atoms with Gasteiger partial charge in [0.2, 0.25) is 0 Å². The Morgan fingerprint density at radius 1 is 1.43 bits per heavy atom. The normalized spacial score (nSPS) is 27.0. The third-order valence-corrected chi connectivity index (χ3v) is 3.52. The predicted molar refractivity (Wildman–Crippen MR) is 77.5 cm³/mol. The zero-order valence-electron chi connectivity index (χ0n) is 11.8. The number of carbonyl (C=O) groups excluding carboxylic acids is 1. The van der Waals surface area contributed by atoms with Gasteiger partial charge in [0, 0.05) is 0 Å². The molecule has 2 unspecified atom stereocenters. The van der Waals surface area contributed by atoms with E-state index in [0.29, 0.717) is 11.2 Å². The number of imidazole rings is 1. The van der Waals surface area contributed by atoms with Crippen LogP contribution in [0.3, 0.4) is 0 Å². The number of nitrogens with two attached hydrogens (primary N) is 1. The van der Waals surface area contributed by atoms with Gasteiger partial charge < -0.3 is 26.0 Å². The van der Waals surface area contributed by atoms with E-state index in [2.05, 4.69) is 26.2 Å². The number of amides is 1. The van der Waals surface area contributed by atoms with Crippen LogP contribution in [0.1, 0.15) is 6.23 Å². The molecule has 0 saturated carbocycles. The van der Waals surface area contributed by atoms with Gasteiger partial charge in [-0.3, -0.25) is 9.36 Å². The van der Waals surface area contributed by atoms with Gasteiger partial charge in [0.25, 0.3) is 5.91 Å². The minimum absolute atomic E-state index is 0.00998. The average molecular weight is 318 g/mol. The Hall–Kier alpha value is -2.74. The van der Waals surface area contributed by atoms with E-state index >= 15 is 0 Å². The summed E-state index contributed by atoms with van der Waals surface area (Å²) in [5, 5.41) is 22.6. The summed E-state index contributed by atoms with van der Waals surface area (Å²) in [6, 6.07) is 0. The number of fused-ring (bicyclic) bond motifs is 1. The molecule has 0 bridgehead atoms. The lowest BCUT2D eigenvalue weighted by molar-refractivity contribution is -0.137. The van der Waals surface area contributed by atoms with Crippen LogP contribution in [0.25, 0.3) is 11.2 Å². The number of ether oxygens (including phenoxy) is 1. The summed E-state index contributed by atoms with van der Waals surface area (Å²) in [4.78, 5) is 23.8. The molecular weight excluding hydrogens is 304 g/mol. The molecule has 1 aliphatic heterocycles. The highest BCUT2D eigenvalue weighted by atomic mass is 16.6. The van der Waals surface area contributed by atoms with E-state index in [9.17, 15) is 15.0 Å². The third-order valence-electron chi connectivity index (χ3n) is 3.52. The molecule has 4 atom stereocenters. The number of nitrogens with one attached hydrogen (secondary N) is 1. The largest absolute Gasteiger partial charge is 0.387 e. The second-order valence-corrected chi connectivity index (χ2v) is 4.93. The molecule has 10 nitrogen and oxygen atoms in total. The van der Waals surface area contributed by atoms with Crippen molar-refractivity contribution in [2.45, 2.75) is 24.5 Å². The van der Waals surface area contributed by atoms with Crippen LogP contribution in [-0.4, -0.2) is 60.5 Å². The fraction of sp³-hybridized carbons (Fsp3) is 0.385. The summed E-state index contributed by atoms with van der Waals surface area (Å²) in [7, 11) is 0. The van der Waals surface area contributed by atoms with Gasteiger partial charge in [-0.2, -0.15) is 0 Å². The van der Waals surface area contributed by atoms with E-state index < -0.39 is 30.4 Å². The number of hydrogen-bond donors (Lipinski definition) is 4. The number of hydrogen-bond acceptors (Lipinski definition) is 8. The van der Waals surface area contributed by atoms with Crippen LogP contribution in [-0.2, 0) is 9.53 Å². The summed E-state index contributed by atoms with van der Waals surface area (Å²) < 4.78 is 6.86. The second-order valence-electron chi connectivity index (χ2n) is 4.93. The zero-order chi connectivity index (χ0) is 16.6. The van der Waals surface area contributed by atoms with Crippen LogP contribution in [0.15, 0.2) is 12.7 Å². The number of rotatable bonds is 3. The van der Waals surface area contributed by atoms with Crippen molar-refractivity contribution in [2.75, 3.05) is 12.3 Å². The number of aliphatic hydroxyl groups excluding tert-OH is 2. The first-order valence-corrected chi connectivity index (χ1v) is 6.70. The molecule has 1 saturated heterocycles. The first-order valence-electron chi connectivity index (χ1n) is 6.70. The fourth-order valence-electron chi connectivity index (χ4n) is 2.40. The average Bonchev–Trinajstić information content (AvgIpc) is 3.09. The molecule has 0 spiro atoms. The van der Waals surface area contributed by atoms with Crippen LogP contribution in [0.5, 0.6) is 0 Å². The Labute approximate surface area is 130 Å². The number of nitrogen functional groups attached to an aromatic ring is 1. The van der Waals surface area contributed by atoms with E-state index in [0.717, 1.165) is 0 Å². The molecule has 1 aliphatic rings. The minimum atomic E-state index is -1.42. The molecule has 3 heterocycles. The quantitative estimate of drug-likeness (QED) is 0.465. The topological polar surface area (TPSA) is 148 Å². The zero-order valence-corrected chi connectivity index (χ0v) is 11.8. The van der Waals surface area contributed by atoms with Crippen LogP contribution < -0.4 is 11.1 Å². The Morgan fingerprint density at radius 3 is 2.96 bits per heavy atom. The molecule has 10 heteroatoms. The van der Waals surface area contributed by atoms with Crippen LogP contribution in [0.4, 0.5) is 5.82 Å². The maximum Gasteiger partial charge on any atom is 0.252 e. The summed E-state index contributed by atoms with van der Waals surface area (Å²) >= 11 is 0. The number of nitrogens with zero attached hydrogens (tertiary/aromatic N) is 4. The van der Waals surface area contributed by atoms with Crippen molar-refractivity contribution in [1.29, 1.82) is 0 Å². The van der Waals surface area contributed by atoms with E-state index in [1.165, 1.54) is 17.2 Å². The molecule has 1 fully saturated rings. The SMILES string of the molecule is C#CCNC(=O)[C@H]1O[C@@H](n2cnc3c(N)ncnc32)C(O)C1O. The molecule has 0 aromatic carbocycles. The molecule has 2 aromatic heterocycles. The monoisotopic (exact) mass is 318 g/mol. The number of aliphatic hydroxyl groups is 2. The van der Waals surface area contributed by atoms with E-state index in [4.69, 9.17) is 16.9 Å². The van der Waals surface area contributed by atoms with Gasteiger partial charge >= 0.3 is 0 Å². The molecule has 3 rings (SSSR count). The highest BCUT2D eigenvalue weighted by Crippen LogP contribution is 2.31. The first kappa shape index (κ1) is 15.2. The van der Waals surface area contributed by atoms with Gasteiger partial charge in [0.05, 0.1) is 12.9 Å². The van der Waals surface area contributed by atoms with Crippen LogP contribution >= 0.6 is 0 Å². The lowest BCUT2D eigenvalue weighted by Gasteiger charge is -2.16. The van der Waals surface area contributed by atoms with Crippen molar-refractivity contribution in [1.82, 2.24) is 24.8 Å². The van der Waals surface area contributed by atoms with E-state index in [-0.39, 0.29) is 12.4 Å². The fourth-order valence-corrected chi connectivity index (χ4v) is 2.40. The van der Waals surface area contributed by atoms with Crippen LogP contribution in [0.2, 0.25) is 0 Å². The summed E-state index contributed by atoms with van der Waals surface area (Å²) in [6.07, 6.45) is 2.56. The minimum Gasteiger partial charge on any atom is -0.387 e. The molecule has 5 N–H and O–H groups in total. The Bertz CT molecular complexity index is 784. The van der Waals surface area contributed by atoms with E-state index in [1.807, 2.05) is 0 Å². The van der Waals surface area contributed by atoms with E-state index in [1.54, 1.807) is 0 Å². The van der Waals surface area contributed by atoms with Gasteiger partial charge in [-0.05, 0) is 0 Å². The van der Waals surface area contributed by atoms with Gasteiger partial charge in [0.1, 0.15) is 24.1 Å². The number of terminal acetylenes is 1. The Balaban J connectivity index is 1.90. The van der Waals surface area contributed by atoms with Gasteiger partial charge in [-0.25, -0.2) is 15.0 Å². The highest BCUT2D eigenvalue weighted by Gasteiger charge is 2.47. The summed E-state index contributed by atoms with van der Waals surface area (Å²) in [5.74, 6) is 1.80. The first-order chi connectivity index (χ1) is 11.0. The standard InChI is InChI=1S/C13H14N6O4/c1-2-3-15-12(22)9-7(20)8(21)13(23-9)19-5-18-6-10(14)16-4-17-11(6)19/h1,4-5,7-9,13,20-21H,3H2,(H,15,22)(H2,14,16,17)/t7?,8?,9-,13+/m0/s1. The third kappa shape index (κ3) is 2.46. The molecule has 0 aliphatic carbocycles. The number of aromatic nitrogens is 4. The Morgan fingerprint density at radius 2 is 2.22 bits per heavy atom. The summed E-state index contributed by atoms with van der Waals surface area (Å²) in [5.41, 5.74) is 6.35. The van der Waals surface area contributed by atoms with Crippen molar-refractivity contribution >= 4 is 22.9 Å². The predicted octanol–water partition coefficient (Wildman–Crippen LogP) is -2.22. The molecule has 1 amide bonds. The van der Waals surface area contributed by atoms with Crippen molar-refractivity contribution in [3.05, 3.63) is 12.7 Å². The van der Waals surface area contributed by atoms with Gasteiger partial charge in [0.15, 0.2) is 23.8 Å². The molecule has 0 radical (unpaired) electrons. The number of anilines is 1. The summed E-state index contributed by atoms with van der Waals surface area (Å²) in [6.45, 7) is -0.00998. The maximum absolute atomic E-state index is 11.9.